The van der Waals surface area contributed by atoms with Gasteiger partial charge in [0, 0.05) is 77.0 Å². The lowest BCUT2D eigenvalue weighted by molar-refractivity contribution is 0.0829. The van der Waals surface area contributed by atoms with E-state index in [1.54, 1.807) is 0 Å². The molecule has 44 heavy (non-hydrogen) atoms. The van der Waals surface area contributed by atoms with Crippen LogP contribution in [0.25, 0.3) is 10.8 Å². The van der Waals surface area contributed by atoms with E-state index in [1.807, 2.05) is 18.2 Å². The molecule has 6 heterocycles. The molecule has 10 heteroatoms. The summed E-state index contributed by atoms with van der Waals surface area (Å²) in [5.41, 5.74) is 3.00. The third kappa shape index (κ3) is 4.56. The Morgan fingerprint density at radius 3 is 2.77 bits per heavy atom. The maximum atomic E-state index is 14.9. The number of nitrogens with zero attached hydrogens (tertiary/aromatic N) is 5. The molecule has 5 aliphatic heterocycles. The SMILES string of the molecule is Oc1cc(N2CCc3c(nc(OC[C@]45C[C@@H](F)CN4[C@H]4CCC[C@H]4C5)nc3N3CC4CCC(C3)N4)C2)c2c(I)cccc2c1. The third-order valence-electron chi connectivity index (χ3n) is 11.5. The van der Waals surface area contributed by atoms with Crippen molar-refractivity contribution in [2.45, 2.75) is 87.7 Å². The van der Waals surface area contributed by atoms with Gasteiger partial charge in [0.1, 0.15) is 24.3 Å². The van der Waals surface area contributed by atoms with Gasteiger partial charge in [-0.2, -0.15) is 9.97 Å². The van der Waals surface area contributed by atoms with Gasteiger partial charge in [-0.15, -0.1) is 0 Å². The number of ether oxygens (including phenoxy) is 1. The van der Waals surface area contributed by atoms with Crippen molar-refractivity contribution in [3.63, 3.8) is 0 Å². The average molecular weight is 711 g/mol. The smallest absolute Gasteiger partial charge is 0.318 e. The number of fused-ring (bicyclic) bond motifs is 7. The number of aromatic hydroxyl groups is 1. The first-order chi connectivity index (χ1) is 21.4. The first-order valence-corrected chi connectivity index (χ1v) is 17.6. The fraction of sp³-hybridized carbons (Fsp3) is 0.588. The minimum Gasteiger partial charge on any atom is -0.508 e. The minimum atomic E-state index is -0.787. The minimum absolute atomic E-state index is 0.244. The van der Waals surface area contributed by atoms with Gasteiger partial charge in [0.15, 0.2) is 0 Å². The molecular formula is C34H40FIN6O2. The molecule has 1 aromatic heterocycles. The molecule has 9 rings (SSSR count). The summed E-state index contributed by atoms with van der Waals surface area (Å²) < 4.78 is 22.6. The van der Waals surface area contributed by atoms with Crippen LogP contribution in [0.4, 0.5) is 15.9 Å². The molecule has 0 spiro atoms. The molecule has 1 aliphatic carbocycles. The summed E-state index contributed by atoms with van der Waals surface area (Å²) in [6.07, 6.45) is 7.73. The zero-order valence-electron chi connectivity index (χ0n) is 25.0. The van der Waals surface area contributed by atoms with Crippen LogP contribution in [0.3, 0.4) is 0 Å². The summed E-state index contributed by atoms with van der Waals surface area (Å²) in [4.78, 5) is 17.5. The van der Waals surface area contributed by atoms with Crippen molar-refractivity contribution in [1.29, 1.82) is 0 Å². The monoisotopic (exact) mass is 710 g/mol. The maximum Gasteiger partial charge on any atom is 0.318 e. The Kier molecular flexibility index (Phi) is 6.68. The Morgan fingerprint density at radius 1 is 1.05 bits per heavy atom. The van der Waals surface area contributed by atoms with Gasteiger partial charge in [-0.1, -0.05) is 18.6 Å². The van der Waals surface area contributed by atoms with Crippen molar-refractivity contribution < 1.29 is 14.2 Å². The Hall–Kier alpha value is -2.44. The highest BCUT2D eigenvalue weighted by Crippen LogP contribution is 2.52. The van der Waals surface area contributed by atoms with Gasteiger partial charge < -0.3 is 25.0 Å². The quantitative estimate of drug-likeness (QED) is 0.352. The van der Waals surface area contributed by atoms with Crippen molar-refractivity contribution in [3.05, 3.63) is 45.2 Å². The van der Waals surface area contributed by atoms with E-state index in [2.05, 4.69) is 54.7 Å². The van der Waals surface area contributed by atoms with E-state index in [1.165, 1.54) is 37.7 Å². The summed E-state index contributed by atoms with van der Waals surface area (Å²) in [5.74, 6) is 1.96. The number of alkyl halides is 1. The van der Waals surface area contributed by atoms with Crippen LogP contribution in [-0.2, 0) is 13.0 Å². The zero-order chi connectivity index (χ0) is 29.6. The van der Waals surface area contributed by atoms with Crippen molar-refractivity contribution >= 4 is 44.9 Å². The van der Waals surface area contributed by atoms with Crippen LogP contribution in [0.2, 0.25) is 0 Å². The predicted octanol–water partition coefficient (Wildman–Crippen LogP) is 5.18. The highest BCUT2D eigenvalue weighted by Gasteiger charge is 2.58. The van der Waals surface area contributed by atoms with Gasteiger partial charge in [-0.25, -0.2) is 4.39 Å². The number of hydrogen-bond acceptors (Lipinski definition) is 8. The van der Waals surface area contributed by atoms with Crippen LogP contribution in [0.5, 0.6) is 11.8 Å². The number of aromatic nitrogens is 2. The highest BCUT2D eigenvalue weighted by atomic mass is 127. The van der Waals surface area contributed by atoms with Gasteiger partial charge in [0.25, 0.3) is 0 Å². The van der Waals surface area contributed by atoms with E-state index in [0.29, 0.717) is 56.2 Å². The molecule has 232 valence electrons. The largest absolute Gasteiger partial charge is 0.508 e. The Morgan fingerprint density at radius 2 is 1.91 bits per heavy atom. The number of halogens is 2. The van der Waals surface area contributed by atoms with Crippen LogP contribution in [0.15, 0.2) is 30.3 Å². The molecule has 3 aromatic rings. The predicted molar refractivity (Wildman–Crippen MR) is 177 cm³/mol. The van der Waals surface area contributed by atoms with Gasteiger partial charge in [-0.3, -0.25) is 4.90 Å². The molecule has 0 radical (unpaired) electrons. The fourth-order valence-corrected chi connectivity index (χ4v) is 10.5. The summed E-state index contributed by atoms with van der Waals surface area (Å²) >= 11 is 2.40. The highest BCUT2D eigenvalue weighted by molar-refractivity contribution is 14.1. The standard InChI is InChI=1S/C34H40FIN6O2/c35-22-14-34(13-21-4-2-6-29(21)42(34)15-22)19-44-33-38-28-18-40(30-12-25(43)11-20-3-1-5-27(36)31(20)30)10-9-26(28)32(39-33)41-16-23-7-8-24(17-41)37-23/h1,3,5,11-12,21-24,29,37,43H,2,4,6-10,13-19H2/t21-,22+,23?,24?,29-,34-/m0/s1. The van der Waals surface area contributed by atoms with E-state index in [4.69, 9.17) is 14.7 Å². The topological polar surface area (TPSA) is 77.0 Å². The summed E-state index contributed by atoms with van der Waals surface area (Å²) in [5, 5.41) is 16.6. The number of nitrogens with one attached hydrogen (secondary N) is 1. The second kappa shape index (κ2) is 10.6. The number of hydrogen-bond donors (Lipinski definition) is 2. The Bertz CT molecular complexity index is 1610. The van der Waals surface area contributed by atoms with Gasteiger partial charge in [-0.05, 0) is 84.6 Å². The number of phenols is 1. The van der Waals surface area contributed by atoms with E-state index >= 15 is 0 Å². The van der Waals surface area contributed by atoms with Crippen molar-refractivity contribution in [2.75, 3.05) is 42.6 Å². The fourth-order valence-electron chi connectivity index (χ4n) is 9.73. The number of rotatable bonds is 5. The molecule has 8 nitrogen and oxygen atoms in total. The molecule has 2 bridgehead atoms. The van der Waals surface area contributed by atoms with Crippen LogP contribution >= 0.6 is 22.6 Å². The lowest BCUT2D eigenvalue weighted by atomic mass is 9.89. The molecule has 2 N–H and O–H groups in total. The van der Waals surface area contributed by atoms with Crippen molar-refractivity contribution in [2.24, 2.45) is 5.92 Å². The van der Waals surface area contributed by atoms with Crippen molar-refractivity contribution in [1.82, 2.24) is 20.2 Å². The summed E-state index contributed by atoms with van der Waals surface area (Å²) in [7, 11) is 0. The van der Waals surface area contributed by atoms with Crippen LogP contribution < -0.4 is 19.9 Å². The molecular weight excluding hydrogens is 670 g/mol. The number of anilines is 2. The van der Waals surface area contributed by atoms with Gasteiger partial charge >= 0.3 is 6.01 Å². The van der Waals surface area contributed by atoms with E-state index < -0.39 is 6.17 Å². The molecule has 1 saturated carbocycles. The van der Waals surface area contributed by atoms with E-state index in [0.717, 1.165) is 64.0 Å². The molecule has 6 aliphatic rings. The normalized spacial score (nSPS) is 32.7. The Labute approximate surface area is 271 Å². The number of benzene rings is 2. The number of piperazine rings is 1. The molecule has 0 amide bonds. The second-order valence-electron chi connectivity index (χ2n) is 14.2. The van der Waals surface area contributed by atoms with Crippen LogP contribution in [0, 0.1) is 9.49 Å². The van der Waals surface area contributed by atoms with E-state index in [9.17, 15) is 9.50 Å². The average Bonchev–Trinajstić information content (AvgIpc) is 3.75. The van der Waals surface area contributed by atoms with E-state index in [-0.39, 0.29) is 11.3 Å². The number of phenolic OH excluding ortho intramolecular Hbond substituents is 1. The summed E-state index contributed by atoms with van der Waals surface area (Å²) in [6, 6.07) is 11.9. The first-order valence-electron chi connectivity index (χ1n) is 16.5. The second-order valence-corrected chi connectivity index (χ2v) is 15.4. The lowest BCUT2D eigenvalue weighted by Crippen LogP contribution is -2.52. The molecule has 2 unspecified atom stereocenters. The van der Waals surface area contributed by atoms with Gasteiger partial charge in [0.2, 0.25) is 0 Å². The molecule has 5 fully saturated rings. The first kappa shape index (κ1) is 27.8. The third-order valence-corrected chi connectivity index (χ3v) is 12.4. The van der Waals surface area contributed by atoms with Gasteiger partial charge in [0.05, 0.1) is 17.8 Å². The zero-order valence-corrected chi connectivity index (χ0v) is 27.2. The maximum absolute atomic E-state index is 14.9. The lowest BCUT2D eigenvalue weighted by Gasteiger charge is -2.38. The summed E-state index contributed by atoms with van der Waals surface area (Å²) in [6.45, 7) is 4.33. The van der Waals surface area contributed by atoms with Crippen LogP contribution in [0.1, 0.15) is 56.2 Å². The molecule has 2 aromatic carbocycles. The Balaban J connectivity index is 1.07. The molecule has 6 atom stereocenters. The van der Waals surface area contributed by atoms with Crippen LogP contribution in [-0.4, -0.2) is 82.6 Å². The van der Waals surface area contributed by atoms with Crippen molar-refractivity contribution in [3.8, 4) is 11.8 Å². The molecule has 4 saturated heterocycles.